The van der Waals surface area contributed by atoms with Crippen LogP contribution in [0.3, 0.4) is 0 Å². The van der Waals surface area contributed by atoms with E-state index in [0.717, 1.165) is 17.7 Å². The average molecular weight is 466 g/mol. The molecular formula is C25H27N3O6. The number of nitro benzene ring substituents is 1. The van der Waals surface area contributed by atoms with Crippen LogP contribution in [0.2, 0.25) is 0 Å². The van der Waals surface area contributed by atoms with Crippen LogP contribution in [0, 0.1) is 16.0 Å². The Bertz CT molecular complexity index is 1160. The molecule has 0 bridgehead atoms. The van der Waals surface area contributed by atoms with E-state index in [9.17, 15) is 24.8 Å². The molecule has 0 saturated carbocycles. The van der Waals surface area contributed by atoms with E-state index in [-0.39, 0.29) is 30.3 Å². The van der Waals surface area contributed by atoms with Crippen molar-refractivity contribution in [1.29, 1.82) is 0 Å². The van der Waals surface area contributed by atoms with Crippen LogP contribution in [-0.4, -0.2) is 40.1 Å². The van der Waals surface area contributed by atoms with Crippen molar-refractivity contribution < 1.29 is 24.7 Å². The Morgan fingerprint density at radius 2 is 2.03 bits per heavy atom. The Hall–Kier alpha value is -3.56. The number of nitro groups is 1. The highest BCUT2D eigenvalue weighted by Crippen LogP contribution is 2.47. The largest absolute Gasteiger partial charge is 0.396 e. The summed E-state index contributed by atoms with van der Waals surface area (Å²) in [6.45, 7) is 2.38. The number of hydrogen-bond donors (Lipinski definition) is 2. The van der Waals surface area contributed by atoms with Crippen LogP contribution in [0.25, 0.3) is 0 Å². The van der Waals surface area contributed by atoms with Gasteiger partial charge in [-0.25, -0.2) is 0 Å². The number of amides is 2. The van der Waals surface area contributed by atoms with Gasteiger partial charge in [0, 0.05) is 48.9 Å². The van der Waals surface area contributed by atoms with E-state index in [1.54, 1.807) is 24.0 Å². The number of anilines is 2. The van der Waals surface area contributed by atoms with Gasteiger partial charge in [0.2, 0.25) is 5.91 Å². The highest BCUT2D eigenvalue weighted by atomic mass is 16.6. The van der Waals surface area contributed by atoms with E-state index in [1.165, 1.54) is 23.1 Å². The van der Waals surface area contributed by atoms with E-state index < -0.39 is 22.3 Å². The van der Waals surface area contributed by atoms with Crippen molar-refractivity contribution >= 4 is 28.9 Å². The van der Waals surface area contributed by atoms with Gasteiger partial charge in [-0.05, 0) is 36.6 Å². The lowest BCUT2D eigenvalue weighted by molar-refractivity contribution is -0.385. The fourth-order valence-electron chi connectivity index (χ4n) is 4.65. The first-order valence-electron chi connectivity index (χ1n) is 11.3. The topological polar surface area (TPSA) is 124 Å². The summed E-state index contributed by atoms with van der Waals surface area (Å²) in [5.41, 5.74) is -0.0981. The van der Waals surface area contributed by atoms with Crippen molar-refractivity contribution in [3.05, 3.63) is 75.9 Å². The van der Waals surface area contributed by atoms with E-state index >= 15 is 0 Å². The van der Waals surface area contributed by atoms with Crippen LogP contribution < -0.4 is 9.80 Å². The van der Waals surface area contributed by atoms with Crippen molar-refractivity contribution in [2.45, 2.75) is 38.3 Å². The fraction of sp³-hybridized carbons (Fsp3) is 0.360. The monoisotopic (exact) mass is 465 g/mol. The van der Waals surface area contributed by atoms with Gasteiger partial charge in [0.25, 0.3) is 11.6 Å². The summed E-state index contributed by atoms with van der Waals surface area (Å²) in [6, 6.07) is 11.4. The van der Waals surface area contributed by atoms with Crippen molar-refractivity contribution in [2.24, 2.45) is 5.92 Å². The van der Waals surface area contributed by atoms with Gasteiger partial charge >= 0.3 is 0 Å². The summed E-state index contributed by atoms with van der Waals surface area (Å²) in [5.74, 6) is -1.21. The molecule has 2 amide bonds. The maximum atomic E-state index is 13.6. The molecule has 2 aliphatic heterocycles. The molecule has 9 nitrogen and oxygen atoms in total. The summed E-state index contributed by atoms with van der Waals surface area (Å²) in [7, 11) is 0. The van der Waals surface area contributed by atoms with Gasteiger partial charge in [-0.3, -0.25) is 19.7 Å². The molecule has 2 aromatic carbocycles. The van der Waals surface area contributed by atoms with E-state index in [1.807, 2.05) is 24.3 Å². The van der Waals surface area contributed by atoms with Crippen LogP contribution in [-0.2, 0) is 21.7 Å². The van der Waals surface area contributed by atoms with Gasteiger partial charge in [0.15, 0.2) is 5.60 Å². The molecule has 1 fully saturated rings. The predicted octanol–water partition coefficient (Wildman–Crippen LogP) is 3.03. The highest BCUT2D eigenvalue weighted by molar-refractivity contribution is 6.07. The third-order valence-corrected chi connectivity index (χ3v) is 6.48. The predicted molar refractivity (Wildman–Crippen MR) is 126 cm³/mol. The molecule has 34 heavy (non-hydrogen) atoms. The molecule has 0 unspecified atom stereocenters. The highest BCUT2D eigenvalue weighted by Gasteiger charge is 2.53. The van der Waals surface area contributed by atoms with Gasteiger partial charge in [0.05, 0.1) is 17.2 Å². The zero-order valence-corrected chi connectivity index (χ0v) is 18.9. The number of carbonyl (C=O) groups excluding carboxylic acids is 2. The van der Waals surface area contributed by atoms with Crippen molar-refractivity contribution in [1.82, 2.24) is 0 Å². The summed E-state index contributed by atoms with van der Waals surface area (Å²) in [6.07, 6.45) is 4.98. The van der Waals surface area contributed by atoms with Gasteiger partial charge in [0.1, 0.15) is 0 Å². The minimum atomic E-state index is -1.99. The molecule has 2 heterocycles. The molecular weight excluding hydrogens is 438 g/mol. The quantitative estimate of drug-likeness (QED) is 0.351. The lowest BCUT2D eigenvalue weighted by Gasteiger charge is -2.27. The molecule has 0 aromatic heterocycles. The number of aliphatic hydroxyl groups is 2. The number of fused-ring (bicyclic) bond motifs is 1. The number of rotatable bonds is 8. The Morgan fingerprint density at radius 1 is 1.24 bits per heavy atom. The molecule has 2 aromatic rings. The minimum absolute atomic E-state index is 0.0601. The zero-order chi connectivity index (χ0) is 24.5. The van der Waals surface area contributed by atoms with Gasteiger partial charge in [-0.1, -0.05) is 31.2 Å². The number of benzene rings is 2. The third-order valence-electron chi connectivity index (χ3n) is 6.48. The second kappa shape index (κ2) is 9.36. The Labute approximate surface area is 197 Å². The van der Waals surface area contributed by atoms with Gasteiger partial charge in [-0.2, -0.15) is 0 Å². The third kappa shape index (κ3) is 4.08. The van der Waals surface area contributed by atoms with Gasteiger partial charge in [-0.15, -0.1) is 0 Å². The molecule has 0 radical (unpaired) electrons. The molecule has 0 aliphatic carbocycles. The number of nitrogens with zero attached hydrogens (tertiary/aromatic N) is 3. The van der Waals surface area contributed by atoms with Crippen molar-refractivity contribution in [3.63, 3.8) is 0 Å². The summed E-state index contributed by atoms with van der Waals surface area (Å²) >= 11 is 0. The van der Waals surface area contributed by atoms with Crippen LogP contribution >= 0.6 is 0 Å². The van der Waals surface area contributed by atoms with Crippen LogP contribution in [0.4, 0.5) is 17.1 Å². The molecule has 0 spiro atoms. The Morgan fingerprint density at radius 3 is 2.71 bits per heavy atom. The first-order chi connectivity index (χ1) is 16.3. The second-order valence-corrected chi connectivity index (χ2v) is 8.66. The SMILES string of the molecule is C[C@@H](/C=C/CCO)[C@]1(O)C(=O)N(Cc2cccc(N3CCCC3=O)c2)c2ccc([N+](=O)[O-])cc21. The average Bonchev–Trinajstić information content (AvgIpc) is 3.35. The maximum absolute atomic E-state index is 13.6. The normalized spacial score (nSPS) is 20.9. The first kappa shape index (κ1) is 23.6. The second-order valence-electron chi connectivity index (χ2n) is 8.66. The van der Waals surface area contributed by atoms with Crippen molar-refractivity contribution in [2.75, 3.05) is 23.0 Å². The summed E-state index contributed by atoms with van der Waals surface area (Å²) in [4.78, 5) is 39.7. The van der Waals surface area contributed by atoms with E-state index in [0.29, 0.717) is 25.1 Å². The smallest absolute Gasteiger partial charge is 0.269 e. The minimum Gasteiger partial charge on any atom is -0.396 e. The molecule has 2 N–H and O–H groups in total. The molecule has 178 valence electrons. The summed E-state index contributed by atoms with van der Waals surface area (Å²) < 4.78 is 0. The Balaban J connectivity index is 1.71. The molecule has 2 atom stereocenters. The lowest BCUT2D eigenvalue weighted by Crippen LogP contribution is -2.44. The summed E-state index contributed by atoms with van der Waals surface area (Å²) in [5, 5.41) is 32.1. The first-order valence-corrected chi connectivity index (χ1v) is 11.3. The van der Waals surface area contributed by atoms with E-state index in [2.05, 4.69) is 0 Å². The number of hydrogen-bond acceptors (Lipinski definition) is 6. The Kier molecular flexibility index (Phi) is 6.49. The number of carbonyl (C=O) groups is 2. The number of aliphatic hydroxyl groups excluding tert-OH is 1. The number of non-ortho nitro benzene ring substituents is 1. The van der Waals surface area contributed by atoms with E-state index in [4.69, 9.17) is 5.11 Å². The van der Waals surface area contributed by atoms with Crippen LogP contribution in [0.5, 0.6) is 0 Å². The van der Waals surface area contributed by atoms with Gasteiger partial charge < -0.3 is 20.0 Å². The van der Waals surface area contributed by atoms with Crippen LogP contribution in [0.15, 0.2) is 54.6 Å². The molecule has 4 rings (SSSR count). The maximum Gasteiger partial charge on any atom is 0.269 e. The standard InChI is InChI=1S/C25H27N3O6/c1-17(6-2-3-13-29)25(32)21-15-20(28(33)34)10-11-22(21)27(24(25)31)16-18-7-4-8-19(14-18)26-12-5-9-23(26)30/h2,4,6-8,10-11,14-15,17,29,32H,3,5,9,12-13,16H2,1H3/b6-2+/t17-,25+/m0/s1. The molecule has 2 aliphatic rings. The van der Waals surface area contributed by atoms with Crippen molar-refractivity contribution in [3.8, 4) is 0 Å². The molecule has 9 heteroatoms. The zero-order valence-electron chi connectivity index (χ0n) is 18.9. The fourth-order valence-corrected chi connectivity index (χ4v) is 4.65. The lowest BCUT2D eigenvalue weighted by atomic mass is 9.82. The van der Waals surface area contributed by atoms with Crippen LogP contribution in [0.1, 0.15) is 37.3 Å². The molecule has 1 saturated heterocycles.